The second-order valence-corrected chi connectivity index (χ2v) is 3.23. The first kappa shape index (κ1) is 10.2. The van der Waals surface area contributed by atoms with E-state index in [4.69, 9.17) is 12.2 Å². The van der Waals surface area contributed by atoms with Crippen molar-refractivity contribution >= 4 is 52.5 Å². The first-order chi connectivity index (χ1) is 5.29. The van der Waals surface area contributed by atoms with Crippen molar-refractivity contribution < 1.29 is 0 Å². The third kappa shape index (κ3) is 1.57. The van der Waals surface area contributed by atoms with Crippen LogP contribution in [0.2, 0.25) is 0 Å². The fourth-order valence-electron chi connectivity index (χ4n) is 1.40. The summed E-state index contributed by atoms with van der Waals surface area (Å²) in [7, 11) is 2.02. The molecule has 0 atom stereocenters. The Balaban J connectivity index is 0.000000720. The van der Waals surface area contributed by atoms with Gasteiger partial charge in [-0.15, -0.1) is 0 Å². The molecule has 0 bridgehead atoms. The summed E-state index contributed by atoms with van der Waals surface area (Å²) in [6, 6.07) is 8.34. The van der Waals surface area contributed by atoms with Gasteiger partial charge in [0.15, 0.2) is 0 Å². The zero-order chi connectivity index (χ0) is 7.84. The summed E-state index contributed by atoms with van der Waals surface area (Å²) >= 11 is 5.17. The van der Waals surface area contributed by atoms with Gasteiger partial charge in [-0.2, -0.15) is 0 Å². The fourth-order valence-corrected chi connectivity index (χ4v) is 1.66. The quantitative estimate of drug-likeness (QED) is 0.447. The summed E-state index contributed by atoms with van der Waals surface area (Å²) < 4.78 is 0. The molecule has 3 heteroatoms. The van der Waals surface area contributed by atoms with Crippen LogP contribution < -0.4 is 4.90 Å². The first-order valence-electron chi connectivity index (χ1n) is 3.63. The van der Waals surface area contributed by atoms with Gasteiger partial charge in [0, 0.05) is 48.7 Å². The van der Waals surface area contributed by atoms with Gasteiger partial charge in [-0.1, -0.05) is 30.4 Å². The van der Waals surface area contributed by atoms with Gasteiger partial charge in [0.05, 0.1) is 4.99 Å². The summed E-state index contributed by atoms with van der Waals surface area (Å²) in [5.74, 6) is 0. The zero-order valence-electron chi connectivity index (χ0n) is 7.37. The maximum Gasteiger partial charge on any atom is 0.0866 e. The Bertz CT molecular complexity index is 311. The monoisotopic (exact) mass is 186 g/mol. The molecule has 0 amide bonds. The number of thiocarbonyl (C=S) groups is 1. The van der Waals surface area contributed by atoms with Crippen molar-refractivity contribution in [3.8, 4) is 0 Å². The van der Waals surface area contributed by atoms with Crippen LogP contribution in [0.4, 0.5) is 5.69 Å². The van der Waals surface area contributed by atoms with Crippen LogP contribution in [0.5, 0.6) is 0 Å². The van der Waals surface area contributed by atoms with Crippen LogP contribution in [0.3, 0.4) is 0 Å². The number of rotatable bonds is 0. The molecule has 0 unspecified atom stereocenters. The van der Waals surface area contributed by atoms with Crippen LogP contribution >= 0.6 is 12.2 Å². The number of nitrogens with zero attached hydrogens (tertiary/aromatic N) is 1. The molecule has 1 radical (unpaired) electrons. The number of fused-ring (bicyclic) bond motifs is 1. The molecule has 0 saturated heterocycles. The molecule has 0 spiro atoms. The Morgan fingerprint density at radius 1 is 1.33 bits per heavy atom. The average Bonchev–Trinajstić information content (AvgIpc) is 2.30. The van der Waals surface area contributed by atoms with E-state index in [1.807, 2.05) is 13.1 Å². The molecule has 1 aromatic carbocycles. The van der Waals surface area contributed by atoms with Gasteiger partial charge in [-0.25, -0.2) is 0 Å². The fraction of sp³-hybridized carbons (Fsp3) is 0.222. The van der Waals surface area contributed by atoms with Crippen molar-refractivity contribution in [2.75, 3.05) is 11.9 Å². The normalized spacial score (nSPS) is 14.1. The first-order valence-corrected chi connectivity index (χ1v) is 4.04. The van der Waals surface area contributed by atoms with Gasteiger partial charge in [0.25, 0.3) is 0 Å². The Kier molecular flexibility index (Phi) is 3.29. The number of benzene rings is 1. The van der Waals surface area contributed by atoms with Crippen molar-refractivity contribution in [1.82, 2.24) is 0 Å². The summed E-state index contributed by atoms with van der Waals surface area (Å²) in [5.41, 5.74) is 2.61. The van der Waals surface area contributed by atoms with E-state index >= 15 is 0 Å². The van der Waals surface area contributed by atoms with Crippen LogP contribution in [-0.4, -0.2) is 41.6 Å². The van der Waals surface area contributed by atoms with Crippen molar-refractivity contribution in [3.63, 3.8) is 0 Å². The Hall–Kier alpha value is 0.110. The largest absolute Gasteiger partial charge is 0.339 e. The minimum absolute atomic E-state index is 0. The van der Waals surface area contributed by atoms with Crippen molar-refractivity contribution in [2.24, 2.45) is 0 Å². The number of hydrogen-bond donors (Lipinski definition) is 0. The third-order valence-electron chi connectivity index (χ3n) is 2.07. The van der Waals surface area contributed by atoms with Crippen LogP contribution in [0.15, 0.2) is 24.3 Å². The van der Waals surface area contributed by atoms with Gasteiger partial charge >= 0.3 is 0 Å². The Morgan fingerprint density at radius 3 is 2.67 bits per heavy atom. The minimum atomic E-state index is 0. The molecule has 1 heterocycles. The number of hydrogen-bond acceptors (Lipinski definition) is 1. The molecular weight excluding hydrogens is 177 g/mol. The number of anilines is 1. The van der Waals surface area contributed by atoms with E-state index in [2.05, 4.69) is 23.1 Å². The van der Waals surface area contributed by atoms with Gasteiger partial charge < -0.3 is 4.90 Å². The predicted molar refractivity (Wildman–Crippen MR) is 56.9 cm³/mol. The Labute approximate surface area is 100 Å². The van der Waals surface area contributed by atoms with Crippen molar-refractivity contribution in [2.45, 2.75) is 6.42 Å². The van der Waals surface area contributed by atoms with Crippen molar-refractivity contribution in [1.29, 1.82) is 0 Å². The predicted octanol–water partition coefficient (Wildman–Crippen LogP) is 1.63. The molecule has 1 nitrogen and oxygen atoms in total. The van der Waals surface area contributed by atoms with Crippen LogP contribution in [0.25, 0.3) is 0 Å². The molecule has 0 N–H and O–H groups in total. The van der Waals surface area contributed by atoms with Crippen LogP contribution in [-0.2, 0) is 6.42 Å². The minimum Gasteiger partial charge on any atom is -0.339 e. The maximum absolute atomic E-state index is 5.17. The van der Waals surface area contributed by atoms with E-state index in [-0.39, 0.29) is 29.6 Å². The summed E-state index contributed by atoms with van der Waals surface area (Å²) in [4.78, 5) is 3.09. The molecule has 0 aromatic heterocycles. The van der Waals surface area contributed by atoms with E-state index in [1.165, 1.54) is 11.3 Å². The molecule has 1 aliphatic heterocycles. The maximum atomic E-state index is 5.17. The van der Waals surface area contributed by atoms with Crippen LogP contribution in [0.1, 0.15) is 5.56 Å². The van der Waals surface area contributed by atoms with Gasteiger partial charge in [0.2, 0.25) is 0 Å². The molecule has 1 aromatic rings. The molecular formula is C9H9NNaS. The zero-order valence-corrected chi connectivity index (χ0v) is 10.2. The van der Waals surface area contributed by atoms with E-state index in [1.54, 1.807) is 0 Å². The SMILES string of the molecule is CN1C(=S)Cc2ccccc21.[Na]. The topological polar surface area (TPSA) is 3.24 Å². The molecule has 1 aliphatic rings. The Morgan fingerprint density at radius 2 is 2.00 bits per heavy atom. The second kappa shape index (κ2) is 3.88. The molecule has 0 saturated carbocycles. The molecule has 0 fully saturated rings. The van der Waals surface area contributed by atoms with E-state index < -0.39 is 0 Å². The molecule has 0 aliphatic carbocycles. The summed E-state index contributed by atoms with van der Waals surface area (Å²) in [6.45, 7) is 0. The van der Waals surface area contributed by atoms with E-state index in [0.29, 0.717) is 0 Å². The van der Waals surface area contributed by atoms with Gasteiger partial charge in [-0.3, -0.25) is 0 Å². The van der Waals surface area contributed by atoms with Crippen LogP contribution in [0, 0.1) is 0 Å². The van der Waals surface area contributed by atoms with Gasteiger partial charge in [-0.05, 0) is 11.6 Å². The van der Waals surface area contributed by atoms with E-state index in [9.17, 15) is 0 Å². The van der Waals surface area contributed by atoms with E-state index in [0.717, 1.165) is 11.4 Å². The number of likely N-dealkylation sites (N-methyl/N-ethyl adjacent to an activating group) is 1. The molecule has 57 valence electrons. The smallest absolute Gasteiger partial charge is 0.0866 e. The summed E-state index contributed by atoms with van der Waals surface area (Å²) in [5, 5.41) is 0. The van der Waals surface area contributed by atoms with Gasteiger partial charge in [0.1, 0.15) is 0 Å². The summed E-state index contributed by atoms with van der Waals surface area (Å²) in [6.07, 6.45) is 0.933. The molecule has 12 heavy (non-hydrogen) atoms. The standard InChI is InChI=1S/C9H9NS.Na/c1-10-8-5-3-2-4-7(8)6-9(10)11;/h2-5H,6H2,1H3;. The number of para-hydroxylation sites is 1. The third-order valence-corrected chi connectivity index (χ3v) is 2.49. The molecule has 2 rings (SSSR count). The average molecular weight is 186 g/mol. The van der Waals surface area contributed by atoms with Crippen molar-refractivity contribution in [3.05, 3.63) is 29.8 Å². The second-order valence-electron chi connectivity index (χ2n) is 2.76.